The van der Waals surface area contributed by atoms with Gasteiger partial charge in [-0.2, -0.15) is 0 Å². The number of nitrogens with zero attached hydrogens (tertiary/aromatic N) is 1. The van der Waals surface area contributed by atoms with Crippen molar-refractivity contribution in [2.45, 2.75) is 58.9 Å². The quantitative estimate of drug-likeness (QED) is 0.868. The zero-order valence-electron chi connectivity index (χ0n) is 12.0. The second kappa shape index (κ2) is 5.83. The molecular weight excluding hydrogens is 220 g/mol. The summed E-state index contributed by atoms with van der Waals surface area (Å²) in [5.74, 6) is 0. The Hall–Kier alpha value is -0.890. The molecule has 1 heterocycles. The Bertz CT molecular complexity index is 380. The van der Waals surface area contributed by atoms with Crippen molar-refractivity contribution in [2.75, 3.05) is 6.54 Å². The van der Waals surface area contributed by atoms with Crippen LogP contribution in [0.25, 0.3) is 0 Å². The third kappa shape index (κ3) is 2.92. The summed E-state index contributed by atoms with van der Waals surface area (Å²) < 4.78 is 0. The van der Waals surface area contributed by atoms with E-state index in [-0.39, 0.29) is 0 Å². The minimum absolute atomic E-state index is 0.393. The van der Waals surface area contributed by atoms with E-state index in [9.17, 15) is 0 Å². The van der Waals surface area contributed by atoms with Gasteiger partial charge in [0.05, 0.1) is 0 Å². The lowest BCUT2D eigenvalue weighted by molar-refractivity contribution is 0.146. The highest BCUT2D eigenvalue weighted by Crippen LogP contribution is 2.45. The lowest BCUT2D eigenvalue weighted by Gasteiger charge is -2.41. The van der Waals surface area contributed by atoms with Crippen LogP contribution in [-0.2, 0) is 0 Å². The predicted octanol–water partition coefficient (Wildman–Crippen LogP) is 4.01. The smallest absolute Gasteiger partial charge is 0.0389 e. The molecule has 0 aliphatic heterocycles. The molecule has 2 rings (SSSR count). The van der Waals surface area contributed by atoms with Gasteiger partial charge in [0.15, 0.2) is 0 Å². The molecule has 1 aliphatic rings. The maximum absolute atomic E-state index is 4.37. The fourth-order valence-electron chi connectivity index (χ4n) is 3.36. The Morgan fingerprint density at radius 1 is 1.28 bits per heavy atom. The Morgan fingerprint density at radius 2 is 2.00 bits per heavy atom. The summed E-state index contributed by atoms with van der Waals surface area (Å²) in [6.07, 6.45) is 10.8. The van der Waals surface area contributed by atoms with Crippen LogP contribution in [0.5, 0.6) is 0 Å². The molecule has 1 fully saturated rings. The van der Waals surface area contributed by atoms with Crippen molar-refractivity contribution in [1.82, 2.24) is 10.3 Å². The van der Waals surface area contributed by atoms with Gasteiger partial charge in [-0.05, 0) is 42.9 Å². The maximum atomic E-state index is 4.37. The lowest BCUT2D eigenvalue weighted by atomic mass is 9.68. The minimum atomic E-state index is 0.393. The standard InChI is InChI=1S/C16H26N2/c1-4-18-15(14-10-13(2)11-17-12-14)16(3)8-6-5-7-9-16/h10-12,15,18H,4-9H2,1-3H3. The predicted molar refractivity (Wildman–Crippen MR) is 76.6 cm³/mol. The van der Waals surface area contributed by atoms with Gasteiger partial charge in [0.1, 0.15) is 0 Å². The summed E-state index contributed by atoms with van der Waals surface area (Å²) in [7, 11) is 0. The highest BCUT2D eigenvalue weighted by Gasteiger charge is 2.36. The molecule has 0 spiro atoms. The molecular formula is C16H26N2. The molecule has 0 radical (unpaired) electrons. The van der Waals surface area contributed by atoms with Crippen LogP contribution in [0.4, 0.5) is 0 Å². The van der Waals surface area contributed by atoms with E-state index >= 15 is 0 Å². The molecule has 1 N–H and O–H groups in total. The van der Waals surface area contributed by atoms with Crippen LogP contribution in [0, 0.1) is 12.3 Å². The van der Waals surface area contributed by atoms with Gasteiger partial charge >= 0.3 is 0 Å². The summed E-state index contributed by atoms with van der Waals surface area (Å²) in [5, 5.41) is 3.70. The van der Waals surface area contributed by atoms with Crippen LogP contribution in [0.2, 0.25) is 0 Å². The molecule has 100 valence electrons. The van der Waals surface area contributed by atoms with Gasteiger partial charge < -0.3 is 5.32 Å². The molecule has 2 nitrogen and oxygen atoms in total. The topological polar surface area (TPSA) is 24.9 Å². The first-order valence-corrected chi connectivity index (χ1v) is 7.30. The number of nitrogens with one attached hydrogen (secondary N) is 1. The van der Waals surface area contributed by atoms with Crippen LogP contribution in [0.3, 0.4) is 0 Å². The zero-order chi connectivity index (χ0) is 13.0. The summed E-state index contributed by atoms with van der Waals surface area (Å²) in [5.41, 5.74) is 3.01. The van der Waals surface area contributed by atoms with Crippen molar-refractivity contribution in [1.29, 1.82) is 0 Å². The Morgan fingerprint density at radius 3 is 2.61 bits per heavy atom. The second-order valence-electron chi connectivity index (χ2n) is 6.00. The van der Waals surface area contributed by atoms with E-state index in [2.05, 4.69) is 37.1 Å². The highest BCUT2D eigenvalue weighted by atomic mass is 14.9. The minimum Gasteiger partial charge on any atom is -0.310 e. The Kier molecular flexibility index (Phi) is 4.39. The number of rotatable bonds is 4. The average molecular weight is 246 g/mol. The van der Waals surface area contributed by atoms with Crippen molar-refractivity contribution >= 4 is 0 Å². The molecule has 1 aromatic heterocycles. The SMILES string of the molecule is CCNC(c1cncc(C)c1)C1(C)CCCCC1. The second-order valence-corrected chi connectivity index (χ2v) is 6.00. The van der Waals surface area contributed by atoms with Crippen molar-refractivity contribution in [3.63, 3.8) is 0 Å². The van der Waals surface area contributed by atoms with Gasteiger partial charge in [-0.25, -0.2) is 0 Å². The average Bonchev–Trinajstić information content (AvgIpc) is 2.36. The number of aryl methyl sites for hydroxylation is 1. The molecule has 0 aromatic carbocycles. The van der Waals surface area contributed by atoms with Gasteiger partial charge in [0.25, 0.3) is 0 Å². The van der Waals surface area contributed by atoms with Gasteiger partial charge in [0.2, 0.25) is 0 Å². The van der Waals surface area contributed by atoms with Gasteiger partial charge in [-0.15, -0.1) is 0 Å². The molecule has 1 atom stereocenters. The molecule has 1 aromatic rings. The highest BCUT2D eigenvalue weighted by molar-refractivity contribution is 5.22. The van der Waals surface area contributed by atoms with E-state index in [0.29, 0.717) is 11.5 Å². The van der Waals surface area contributed by atoms with Crippen molar-refractivity contribution in [3.05, 3.63) is 29.6 Å². The van der Waals surface area contributed by atoms with Gasteiger partial charge in [-0.1, -0.05) is 39.2 Å². The fraction of sp³-hybridized carbons (Fsp3) is 0.688. The third-order valence-corrected chi connectivity index (χ3v) is 4.33. The number of hydrogen-bond acceptors (Lipinski definition) is 2. The van der Waals surface area contributed by atoms with Crippen molar-refractivity contribution < 1.29 is 0 Å². The third-order valence-electron chi connectivity index (χ3n) is 4.33. The summed E-state index contributed by atoms with van der Waals surface area (Å²) in [6.45, 7) is 7.79. The molecule has 18 heavy (non-hydrogen) atoms. The van der Waals surface area contributed by atoms with E-state index in [0.717, 1.165) is 6.54 Å². The van der Waals surface area contributed by atoms with E-state index in [1.807, 2.05) is 12.4 Å². The van der Waals surface area contributed by atoms with Crippen LogP contribution in [-0.4, -0.2) is 11.5 Å². The first-order chi connectivity index (χ1) is 8.65. The van der Waals surface area contributed by atoms with E-state index in [1.54, 1.807) is 0 Å². The van der Waals surface area contributed by atoms with Crippen LogP contribution < -0.4 is 5.32 Å². The molecule has 0 amide bonds. The largest absolute Gasteiger partial charge is 0.310 e. The van der Waals surface area contributed by atoms with Gasteiger partial charge in [0, 0.05) is 18.4 Å². The Balaban J connectivity index is 2.26. The summed E-state index contributed by atoms with van der Waals surface area (Å²) in [4.78, 5) is 4.37. The van der Waals surface area contributed by atoms with Crippen LogP contribution >= 0.6 is 0 Å². The molecule has 0 bridgehead atoms. The monoisotopic (exact) mass is 246 g/mol. The molecule has 2 heteroatoms. The summed E-state index contributed by atoms with van der Waals surface area (Å²) in [6, 6.07) is 2.75. The first kappa shape index (κ1) is 13.5. The zero-order valence-corrected chi connectivity index (χ0v) is 12.0. The number of aromatic nitrogens is 1. The van der Waals surface area contributed by atoms with Crippen LogP contribution in [0.1, 0.15) is 63.1 Å². The molecule has 0 saturated heterocycles. The number of hydrogen-bond donors (Lipinski definition) is 1. The van der Waals surface area contributed by atoms with E-state index in [4.69, 9.17) is 0 Å². The lowest BCUT2D eigenvalue weighted by Crippen LogP contribution is -2.37. The number of pyridine rings is 1. The van der Waals surface area contributed by atoms with Crippen molar-refractivity contribution in [2.24, 2.45) is 5.41 Å². The van der Waals surface area contributed by atoms with Crippen LogP contribution in [0.15, 0.2) is 18.5 Å². The molecule has 1 saturated carbocycles. The summed E-state index contributed by atoms with van der Waals surface area (Å²) >= 11 is 0. The Labute approximate surface area is 111 Å². The van der Waals surface area contributed by atoms with Crippen molar-refractivity contribution in [3.8, 4) is 0 Å². The normalized spacial score (nSPS) is 20.6. The first-order valence-electron chi connectivity index (χ1n) is 7.30. The van der Waals surface area contributed by atoms with E-state index < -0.39 is 0 Å². The van der Waals surface area contributed by atoms with Gasteiger partial charge in [-0.3, -0.25) is 4.98 Å². The molecule has 1 aliphatic carbocycles. The fourth-order valence-corrected chi connectivity index (χ4v) is 3.36. The van der Waals surface area contributed by atoms with E-state index in [1.165, 1.54) is 43.2 Å². The maximum Gasteiger partial charge on any atom is 0.0389 e. The molecule has 1 unspecified atom stereocenters.